The molecule has 3 aromatic rings. The minimum absolute atomic E-state index is 0.150. The highest BCUT2D eigenvalue weighted by molar-refractivity contribution is 5.42. The Bertz CT molecular complexity index is 1100. The molecule has 1 spiro atoms. The normalized spacial score (nSPS) is 27.7. The fourth-order valence-corrected chi connectivity index (χ4v) is 5.45. The topological polar surface area (TPSA) is 36.9 Å². The summed E-state index contributed by atoms with van der Waals surface area (Å²) in [4.78, 5) is 0. The molecule has 3 aromatic carbocycles. The zero-order chi connectivity index (χ0) is 24.3. The van der Waals surface area contributed by atoms with Crippen LogP contribution in [0.4, 0.5) is 0 Å². The average molecular weight is 473 g/mol. The molecule has 5 atom stereocenters. The molecule has 1 saturated heterocycles. The molecule has 0 aromatic heterocycles. The summed E-state index contributed by atoms with van der Waals surface area (Å²) in [6.07, 6.45) is 2.58. The van der Waals surface area contributed by atoms with E-state index in [1.165, 1.54) is 0 Å². The monoisotopic (exact) mass is 472 g/mol. The van der Waals surface area contributed by atoms with E-state index in [-0.39, 0.29) is 12.2 Å². The Morgan fingerprint density at radius 2 is 1.54 bits per heavy atom. The van der Waals surface area contributed by atoms with Crippen molar-refractivity contribution in [3.63, 3.8) is 0 Å². The lowest BCUT2D eigenvalue weighted by atomic mass is 9.76. The van der Waals surface area contributed by atoms with E-state index in [0.717, 1.165) is 47.5 Å². The minimum atomic E-state index is -0.777. The minimum Gasteiger partial charge on any atom is -0.489 e. The second kappa shape index (κ2) is 10.4. The maximum absolute atomic E-state index is 6.76. The fraction of sp³-hybridized carbons (Fsp3) is 0.419. The van der Waals surface area contributed by atoms with Crippen molar-refractivity contribution >= 4 is 0 Å². The first-order chi connectivity index (χ1) is 17.1. The number of hydrogen-bond acceptors (Lipinski definition) is 4. The Kier molecular flexibility index (Phi) is 7.12. The Morgan fingerprint density at radius 1 is 0.857 bits per heavy atom. The van der Waals surface area contributed by atoms with Crippen LogP contribution in [0.1, 0.15) is 50.3 Å². The molecule has 0 aliphatic carbocycles. The van der Waals surface area contributed by atoms with Crippen molar-refractivity contribution in [3.8, 4) is 11.5 Å². The molecule has 5 rings (SSSR count). The van der Waals surface area contributed by atoms with Crippen molar-refractivity contribution in [3.05, 3.63) is 95.6 Å². The van der Waals surface area contributed by atoms with Gasteiger partial charge < -0.3 is 18.9 Å². The molecule has 35 heavy (non-hydrogen) atoms. The van der Waals surface area contributed by atoms with Crippen LogP contribution in [0.25, 0.3) is 0 Å². The van der Waals surface area contributed by atoms with Gasteiger partial charge in [0.25, 0.3) is 0 Å². The van der Waals surface area contributed by atoms with Crippen LogP contribution in [-0.4, -0.2) is 18.0 Å². The third kappa shape index (κ3) is 5.10. The largest absolute Gasteiger partial charge is 0.489 e. The van der Waals surface area contributed by atoms with Crippen LogP contribution in [0.15, 0.2) is 78.9 Å². The SMILES string of the molecule is CC[C@H]1O[C@@]2(CCc3cc(OCc4ccccc4)ccc3O2)[C@@H](OCc2ccccc2)[C@@H](C)[C@@H]1C. The van der Waals surface area contributed by atoms with Crippen molar-refractivity contribution in [2.24, 2.45) is 11.8 Å². The van der Waals surface area contributed by atoms with Crippen LogP contribution >= 0.6 is 0 Å². The second-order valence-electron chi connectivity index (χ2n) is 9.96. The molecule has 2 aliphatic rings. The Morgan fingerprint density at radius 3 is 2.23 bits per heavy atom. The van der Waals surface area contributed by atoms with Gasteiger partial charge in [0.2, 0.25) is 5.79 Å². The van der Waals surface area contributed by atoms with Gasteiger partial charge >= 0.3 is 0 Å². The predicted octanol–water partition coefficient (Wildman–Crippen LogP) is 6.95. The lowest BCUT2D eigenvalue weighted by Gasteiger charge is -2.53. The summed E-state index contributed by atoms with van der Waals surface area (Å²) >= 11 is 0. The molecule has 1 fully saturated rings. The van der Waals surface area contributed by atoms with Crippen molar-refractivity contribution in [1.29, 1.82) is 0 Å². The number of benzene rings is 3. The summed E-state index contributed by atoms with van der Waals surface area (Å²) in [6, 6.07) is 26.7. The van der Waals surface area contributed by atoms with Crippen molar-refractivity contribution in [2.45, 2.75) is 71.2 Å². The van der Waals surface area contributed by atoms with Gasteiger partial charge in [-0.2, -0.15) is 0 Å². The number of fused-ring (bicyclic) bond motifs is 1. The van der Waals surface area contributed by atoms with Crippen LogP contribution < -0.4 is 9.47 Å². The van der Waals surface area contributed by atoms with Crippen LogP contribution in [0.3, 0.4) is 0 Å². The zero-order valence-corrected chi connectivity index (χ0v) is 21.0. The number of rotatable bonds is 7. The van der Waals surface area contributed by atoms with Gasteiger partial charge in [-0.15, -0.1) is 0 Å². The van der Waals surface area contributed by atoms with Gasteiger partial charge in [-0.3, -0.25) is 0 Å². The van der Waals surface area contributed by atoms with E-state index in [0.29, 0.717) is 25.0 Å². The molecular formula is C31H36O4. The van der Waals surface area contributed by atoms with Gasteiger partial charge in [-0.25, -0.2) is 0 Å². The van der Waals surface area contributed by atoms with Crippen LogP contribution in [-0.2, 0) is 29.1 Å². The molecule has 0 N–H and O–H groups in total. The molecule has 2 aliphatic heterocycles. The Balaban J connectivity index is 1.35. The van der Waals surface area contributed by atoms with Gasteiger partial charge in [0.1, 0.15) is 24.2 Å². The summed E-state index contributed by atoms with van der Waals surface area (Å²) < 4.78 is 26.1. The molecule has 0 unspecified atom stereocenters. The molecule has 184 valence electrons. The summed E-state index contributed by atoms with van der Waals surface area (Å²) in [6.45, 7) is 7.85. The number of hydrogen-bond donors (Lipinski definition) is 0. The van der Waals surface area contributed by atoms with E-state index < -0.39 is 5.79 Å². The van der Waals surface area contributed by atoms with E-state index in [4.69, 9.17) is 18.9 Å². The lowest BCUT2D eigenvalue weighted by molar-refractivity contribution is -0.329. The Labute approximate surface area is 209 Å². The van der Waals surface area contributed by atoms with Crippen LogP contribution in [0.2, 0.25) is 0 Å². The zero-order valence-electron chi connectivity index (χ0n) is 21.0. The molecule has 2 heterocycles. The quantitative estimate of drug-likeness (QED) is 0.373. The highest BCUT2D eigenvalue weighted by Crippen LogP contribution is 2.47. The predicted molar refractivity (Wildman–Crippen MR) is 137 cm³/mol. The lowest BCUT2D eigenvalue weighted by Crippen LogP contribution is -2.63. The smallest absolute Gasteiger partial charge is 0.237 e. The summed E-state index contributed by atoms with van der Waals surface area (Å²) in [7, 11) is 0. The second-order valence-corrected chi connectivity index (χ2v) is 9.96. The summed E-state index contributed by atoms with van der Waals surface area (Å²) in [5.41, 5.74) is 3.48. The molecule has 0 bridgehead atoms. The first-order valence-electron chi connectivity index (χ1n) is 12.9. The standard InChI is InChI=1S/C31H36O4/c1-4-28-22(2)23(3)30(33-21-25-13-9-6-10-14-25)31(34-28)18-17-26-19-27(15-16-29(26)35-31)32-20-24-11-7-5-8-12-24/h5-16,19,22-23,28,30H,4,17-18,20-21H2,1-3H3/t22-,23-,28+,30-,31+/m0/s1. The summed E-state index contributed by atoms with van der Waals surface area (Å²) in [5.74, 6) is 1.66. The van der Waals surface area contributed by atoms with Gasteiger partial charge in [0.05, 0.1) is 12.7 Å². The molecule has 4 nitrogen and oxygen atoms in total. The van der Waals surface area contributed by atoms with Gasteiger partial charge in [0, 0.05) is 6.42 Å². The molecule has 0 radical (unpaired) electrons. The molecule has 0 amide bonds. The summed E-state index contributed by atoms with van der Waals surface area (Å²) in [5, 5.41) is 0. The Hall–Kier alpha value is -2.82. The maximum atomic E-state index is 6.76. The van der Waals surface area contributed by atoms with E-state index in [1.807, 2.05) is 36.4 Å². The maximum Gasteiger partial charge on any atom is 0.237 e. The van der Waals surface area contributed by atoms with E-state index in [2.05, 4.69) is 63.2 Å². The average Bonchev–Trinajstić information content (AvgIpc) is 2.90. The molecule has 4 heteroatoms. The third-order valence-electron chi connectivity index (χ3n) is 7.66. The fourth-order valence-electron chi connectivity index (χ4n) is 5.45. The van der Waals surface area contributed by atoms with E-state index in [1.54, 1.807) is 0 Å². The van der Waals surface area contributed by atoms with E-state index in [9.17, 15) is 0 Å². The van der Waals surface area contributed by atoms with Crippen molar-refractivity contribution in [2.75, 3.05) is 0 Å². The van der Waals surface area contributed by atoms with Gasteiger partial charge in [0.15, 0.2) is 0 Å². The van der Waals surface area contributed by atoms with Crippen molar-refractivity contribution in [1.82, 2.24) is 0 Å². The third-order valence-corrected chi connectivity index (χ3v) is 7.66. The number of aryl methyl sites for hydroxylation is 1. The first kappa shape index (κ1) is 23.9. The highest BCUT2D eigenvalue weighted by atomic mass is 16.7. The number of ether oxygens (including phenoxy) is 4. The van der Waals surface area contributed by atoms with Gasteiger partial charge in [-0.1, -0.05) is 81.4 Å². The van der Waals surface area contributed by atoms with Crippen molar-refractivity contribution < 1.29 is 18.9 Å². The molecule has 0 saturated carbocycles. The highest BCUT2D eigenvalue weighted by Gasteiger charge is 2.55. The van der Waals surface area contributed by atoms with Crippen LogP contribution in [0, 0.1) is 11.8 Å². The van der Waals surface area contributed by atoms with Crippen LogP contribution in [0.5, 0.6) is 11.5 Å². The first-order valence-corrected chi connectivity index (χ1v) is 12.9. The van der Waals surface area contributed by atoms with E-state index >= 15 is 0 Å². The molecular weight excluding hydrogens is 436 g/mol. The van der Waals surface area contributed by atoms with Gasteiger partial charge in [-0.05, 0) is 59.6 Å².